The number of fused-ring (bicyclic) bond motifs is 1. The molecular weight excluding hydrogens is 476 g/mol. The molecule has 1 fully saturated rings. The molecule has 2 amide bonds. The normalized spacial score (nSPS) is 14.2. The van der Waals surface area contributed by atoms with Gasteiger partial charge in [0, 0.05) is 30.9 Å². The molecular formula is C23H26N4O5S2. The number of thiophene rings is 1. The summed E-state index contributed by atoms with van der Waals surface area (Å²) in [5.74, 6) is 0.542. The van der Waals surface area contributed by atoms with Gasteiger partial charge in [0.2, 0.25) is 5.91 Å². The number of ether oxygens (including phenoxy) is 2. The summed E-state index contributed by atoms with van der Waals surface area (Å²) in [7, 11) is 1.57. The highest BCUT2D eigenvalue weighted by Crippen LogP contribution is 2.29. The van der Waals surface area contributed by atoms with Gasteiger partial charge < -0.3 is 19.7 Å². The van der Waals surface area contributed by atoms with E-state index < -0.39 is 0 Å². The number of benzene rings is 1. The van der Waals surface area contributed by atoms with Crippen LogP contribution in [0.25, 0.3) is 10.2 Å². The lowest BCUT2D eigenvalue weighted by Crippen LogP contribution is -2.41. The maximum Gasteiger partial charge on any atom is 0.409 e. The van der Waals surface area contributed by atoms with Crippen LogP contribution in [0.2, 0.25) is 0 Å². The molecule has 4 rings (SSSR count). The quantitative estimate of drug-likeness (QED) is 0.385. The lowest BCUT2D eigenvalue weighted by Gasteiger charge is -2.32. The molecule has 3 heterocycles. The molecule has 180 valence electrons. The van der Waals surface area contributed by atoms with Crippen molar-refractivity contribution in [2.24, 2.45) is 0 Å². The van der Waals surface area contributed by atoms with Crippen LogP contribution in [-0.4, -0.2) is 59.0 Å². The zero-order chi connectivity index (χ0) is 24.1. The number of carbonyl (C=O) groups excluding carboxylic acids is 2. The fourth-order valence-corrected chi connectivity index (χ4v) is 5.51. The average molecular weight is 503 g/mol. The Hall–Kier alpha value is -3.05. The van der Waals surface area contributed by atoms with E-state index in [1.165, 1.54) is 23.1 Å². The molecule has 1 saturated heterocycles. The minimum atomic E-state index is -0.330. The van der Waals surface area contributed by atoms with E-state index in [2.05, 4.69) is 5.32 Å². The number of anilines is 1. The first-order valence-corrected chi connectivity index (χ1v) is 12.8. The van der Waals surface area contributed by atoms with Crippen molar-refractivity contribution in [2.45, 2.75) is 31.0 Å². The minimum Gasteiger partial charge on any atom is -0.497 e. The number of methoxy groups -OCH3 is 1. The van der Waals surface area contributed by atoms with Crippen LogP contribution in [0, 0.1) is 0 Å². The number of hydrogen-bond donors (Lipinski definition) is 1. The third kappa shape index (κ3) is 5.36. The molecule has 9 nitrogen and oxygen atoms in total. The number of hydrogen-bond acceptors (Lipinski definition) is 8. The van der Waals surface area contributed by atoms with Gasteiger partial charge in [-0.2, -0.15) is 0 Å². The Morgan fingerprint density at radius 1 is 1.26 bits per heavy atom. The molecule has 0 aliphatic carbocycles. The van der Waals surface area contributed by atoms with Crippen LogP contribution in [-0.2, 0) is 9.53 Å². The van der Waals surface area contributed by atoms with Crippen molar-refractivity contribution in [2.75, 3.05) is 37.9 Å². The van der Waals surface area contributed by atoms with E-state index in [0.717, 1.165) is 0 Å². The Morgan fingerprint density at radius 3 is 2.79 bits per heavy atom. The summed E-state index contributed by atoms with van der Waals surface area (Å²) in [6.07, 6.45) is 0.894. The Balaban J connectivity index is 1.51. The van der Waals surface area contributed by atoms with Crippen molar-refractivity contribution in [1.29, 1.82) is 0 Å². The Labute approximate surface area is 205 Å². The zero-order valence-corrected chi connectivity index (χ0v) is 20.6. The number of nitrogens with zero attached hydrogens (tertiary/aromatic N) is 3. The first-order chi connectivity index (χ1) is 16.5. The molecule has 1 N–H and O–H groups in total. The summed E-state index contributed by atoms with van der Waals surface area (Å²) in [5.41, 5.74) is 1.16. The van der Waals surface area contributed by atoms with Crippen LogP contribution < -0.4 is 15.6 Å². The zero-order valence-electron chi connectivity index (χ0n) is 19.0. The van der Waals surface area contributed by atoms with Crippen LogP contribution in [0.15, 0.2) is 45.7 Å². The SMILES string of the molecule is CCOC(=O)N1CCC(n2c(SCC(=O)Nc3cccc(OC)c3)nc3ccsc3c2=O)CC1. The molecule has 2 aromatic heterocycles. The number of rotatable bonds is 7. The highest BCUT2D eigenvalue weighted by atomic mass is 32.2. The van der Waals surface area contributed by atoms with E-state index >= 15 is 0 Å². The Bertz CT molecular complexity index is 1230. The molecule has 0 unspecified atom stereocenters. The fourth-order valence-electron chi connectivity index (χ4n) is 3.88. The number of carbonyl (C=O) groups is 2. The summed E-state index contributed by atoms with van der Waals surface area (Å²) in [5, 5.41) is 5.20. The second kappa shape index (κ2) is 10.9. The van der Waals surface area contributed by atoms with Gasteiger partial charge in [-0.15, -0.1) is 11.3 Å². The number of likely N-dealkylation sites (tertiary alicyclic amines) is 1. The maximum absolute atomic E-state index is 13.3. The molecule has 1 aromatic carbocycles. The molecule has 34 heavy (non-hydrogen) atoms. The maximum atomic E-state index is 13.3. The van der Waals surface area contributed by atoms with Gasteiger partial charge in [-0.25, -0.2) is 9.78 Å². The minimum absolute atomic E-state index is 0.0982. The molecule has 0 spiro atoms. The third-order valence-electron chi connectivity index (χ3n) is 5.52. The van der Waals surface area contributed by atoms with Crippen LogP contribution >= 0.6 is 23.1 Å². The summed E-state index contributed by atoms with van der Waals surface area (Å²) in [6, 6.07) is 8.83. The van der Waals surface area contributed by atoms with E-state index in [1.807, 2.05) is 11.4 Å². The number of thioether (sulfide) groups is 1. The van der Waals surface area contributed by atoms with E-state index in [0.29, 0.717) is 59.3 Å². The predicted octanol–water partition coefficient (Wildman–Crippen LogP) is 3.99. The first-order valence-electron chi connectivity index (χ1n) is 11.0. The molecule has 3 aromatic rings. The number of amides is 2. The summed E-state index contributed by atoms with van der Waals surface area (Å²) in [4.78, 5) is 44.3. The standard InChI is InChI=1S/C23H26N4O5S2/c1-3-32-23(30)26-10-7-16(8-11-26)27-21(29)20-18(9-12-33-20)25-22(27)34-14-19(28)24-15-5-4-6-17(13-15)31-2/h4-6,9,12-13,16H,3,7-8,10-11,14H2,1-2H3,(H,24,28). The lowest BCUT2D eigenvalue weighted by molar-refractivity contribution is -0.113. The Morgan fingerprint density at radius 2 is 2.06 bits per heavy atom. The van der Waals surface area contributed by atoms with Crippen molar-refractivity contribution in [3.63, 3.8) is 0 Å². The molecule has 0 bridgehead atoms. The monoisotopic (exact) mass is 502 g/mol. The highest BCUT2D eigenvalue weighted by Gasteiger charge is 2.28. The van der Waals surface area contributed by atoms with Crippen molar-refractivity contribution in [1.82, 2.24) is 14.5 Å². The smallest absolute Gasteiger partial charge is 0.409 e. The van der Waals surface area contributed by atoms with Gasteiger partial charge in [-0.05, 0) is 43.3 Å². The second-order valence-corrected chi connectivity index (χ2v) is 9.55. The molecule has 0 radical (unpaired) electrons. The van der Waals surface area contributed by atoms with Crippen LogP contribution in [0.4, 0.5) is 10.5 Å². The van der Waals surface area contributed by atoms with Gasteiger partial charge in [0.15, 0.2) is 5.16 Å². The van der Waals surface area contributed by atoms with Gasteiger partial charge in [0.1, 0.15) is 10.4 Å². The van der Waals surface area contributed by atoms with Crippen LogP contribution in [0.3, 0.4) is 0 Å². The predicted molar refractivity (Wildman–Crippen MR) is 133 cm³/mol. The van der Waals surface area contributed by atoms with E-state index in [4.69, 9.17) is 14.5 Å². The van der Waals surface area contributed by atoms with Crippen molar-refractivity contribution in [3.8, 4) is 5.75 Å². The summed E-state index contributed by atoms with van der Waals surface area (Å²) in [6.45, 7) is 3.10. The van der Waals surface area contributed by atoms with Crippen molar-refractivity contribution < 1.29 is 19.1 Å². The van der Waals surface area contributed by atoms with E-state index in [1.54, 1.807) is 47.8 Å². The molecule has 0 saturated carbocycles. The number of piperidine rings is 1. The first kappa shape index (κ1) is 24.1. The van der Waals surface area contributed by atoms with Gasteiger partial charge in [0.05, 0.1) is 25.0 Å². The van der Waals surface area contributed by atoms with Crippen molar-refractivity contribution >= 4 is 51.0 Å². The van der Waals surface area contributed by atoms with E-state index in [-0.39, 0.29) is 29.4 Å². The lowest BCUT2D eigenvalue weighted by atomic mass is 10.1. The Kier molecular flexibility index (Phi) is 7.73. The highest BCUT2D eigenvalue weighted by molar-refractivity contribution is 7.99. The average Bonchev–Trinajstić information content (AvgIpc) is 3.32. The van der Waals surface area contributed by atoms with Crippen LogP contribution in [0.5, 0.6) is 5.75 Å². The third-order valence-corrected chi connectivity index (χ3v) is 7.37. The molecule has 11 heteroatoms. The van der Waals surface area contributed by atoms with E-state index in [9.17, 15) is 14.4 Å². The van der Waals surface area contributed by atoms with Gasteiger partial charge in [0.25, 0.3) is 5.56 Å². The second-order valence-electron chi connectivity index (χ2n) is 7.69. The number of aromatic nitrogens is 2. The summed E-state index contributed by atoms with van der Waals surface area (Å²) >= 11 is 2.60. The van der Waals surface area contributed by atoms with Gasteiger partial charge in [-0.3, -0.25) is 14.2 Å². The molecule has 1 aliphatic heterocycles. The largest absolute Gasteiger partial charge is 0.497 e. The fraction of sp³-hybridized carbons (Fsp3) is 0.391. The molecule has 1 aliphatic rings. The van der Waals surface area contributed by atoms with Crippen molar-refractivity contribution in [3.05, 3.63) is 46.1 Å². The van der Waals surface area contributed by atoms with Gasteiger partial charge >= 0.3 is 6.09 Å². The number of nitrogens with one attached hydrogen (secondary N) is 1. The van der Waals surface area contributed by atoms with Crippen LogP contribution in [0.1, 0.15) is 25.8 Å². The molecule has 0 atom stereocenters. The summed E-state index contributed by atoms with van der Waals surface area (Å²) < 4.78 is 12.6. The topological polar surface area (TPSA) is 103 Å². The van der Waals surface area contributed by atoms with Gasteiger partial charge in [-0.1, -0.05) is 17.8 Å².